The van der Waals surface area contributed by atoms with Gasteiger partial charge >= 0.3 is 6.18 Å². The molecule has 1 aromatic heterocycles. The molecule has 0 bridgehead atoms. The number of rotatable bonds is 2. The van der Waals surface area contributed by atoms with Crippen molar-refractivity contribution in [1.82, 2.24) is 0 Å². The minimum absolute atomic E-state index is 0.153. The molecular weight excluding hydrogens is 299 g/mol. The Morgan fingerprint density at radius 1 is 1.21 bits per heavy atom. The summed E-state index contributed by atoms with van der Waals surface area (Å²) in [5.41, 5.74) is -1.39. The van der Waals surface area contributed by atoms with Crippen LogP contribution in [0.25, 0.3) is 0 Å². The molecule has 7 heteroatoms. The summed E-state index contributed by atoms with van der Waals surface area (Å²) in [7, 11) is 0. The largest absolute Gasteiger partial charge is 0.418 e. The normalized spacial score (nSPS) is 11.4. The Labute approximate surface area is 115 Å². The Balaban J connectivity index is 2.37. The van der Waals surface area contributed by atoms with Gasteiger partial charge in [-0.1, -0.05) is 23.7 Å². The second kappa shape index (κ2) is 5.22. The molecule has 0 saturated carbocycles. The highest BCUT2D eigenvalue weighted by Crippen LogP contribution is 2.38. The molecule has 0 fully saturated rings. The van der Waals surface area contributed by atoms with Gasteiger partial charge < -0.3 is 5.32 Å². The molecule has 0 aliphatic rings. The lowest BCUT2D eigenvalue weighted by Crippen LogP contribution is -2.16. The lowest BCUT2D eigenvalue weighted by molar-refractivity contribution is -0.136. The van der Waals surface area contributed by atoms with Gasteiger partial charge in [-0.15, -0.1) is 11.3 Å². The van der Waals surface area contributed by atoms with E-state index < -0.39 is 23.3 Å². The van der Waals surface area contributed by atoms with Gasteiger partial charge in [-0.05, 0) is 23.6 Å². The molecule has 0 aliphatic carbocycles. The van der Waals surface area contributed by atoms with Crippen molar-refractivity contribution in [1.29, 1.82) is 0 Å². The van der Waals surface area contributed by atoms with Gasteiger partial charge in [-0.2, -0.15) is 13.2 Å². The van der Waals surface area contributed by atoms with Gasteiger partial charge in [0.2, 0.25) is 0 Å². The summed E-state index contributed by atoms with van der Waals surface area (Å²) in [6, 6.07) is 6.50. The second-order valence-electron chi connectivity index (χ2n) is 3.59. The number of carbonyl (C=O) groups excluding carboxylic acids is 1. The highest BCUT2D eigenvalue weighted by Gasteiger charge is 2.34. The molecule has 0 atom stereocenters. The lowest BCUT2D eigenvalue weighted by Gasteiger charge is -2.14. The van der Waals surface area contributed by atoms with Gasteiger partial charge in [-0.3, -0.25) is 4.79 Å². The van der Waals surface area contributed by atoms with Crippen molar-refractivity contribution >= 4 is 34.5 Å². The van der Waals surface area contributed by atoms with E-state index in [9.17, 15) is 18.0 Å². The summed E-state index contributed by atoms with van der Waals surface area (Å²) in [6.45, 7) is 0. The first-order chi connectivity index (χ1) is 8.89. The van der Waals surface area contributed by atoms with Crippen molar-refractivity contribution < 1.29 is 18.0 Å². The highest BCUT2D eigenvalue weighted by atomic mass is 35.5. The molecule has 19 heavy (non-hydrogen) atoms. The van der Waals surface area contributed by atoms with Gasteiger partial charge in [0.1, 0.15) is 0 Å². The van der Waals surface area contributed by atoms with Crippen molar-refractivity contribution in [3.8, 4) is 0 Å². The molecular formula is C12H7ClF3NOS. The molecule has 1 amide bonds. The summed E-state index contributed by atoms with van der Waals surface area (Å²) >= 11 is 6.86. The Morgan fingerprint density at radius 2 is 1.95 bits per heavy atom. The minimum Gasteiger partial charge on any atom is -0.319 e. The average Bonchev–Trinajstić information content (AvgIpc) is 2.83. The van der Waals surface area contributed by atoms with Crippen LogP contribution in [-0.2, 0) is 6.18 Å². The quantitative estimate of drug-likeness (QED) is 0.858. The van der Waals surface area contributed by atoms with Crippen molar-refractivity contribution in [3.05, 3.63) is 51.2 Å². The molecule has 100 valence electrons. The van der Waals surface area contributed by atoms with E-state index in [1.165, 1.54) is 18.2 Å². The molecule has 0 aliphatic heterocycles. The fourth-order valence-corrected chi connectivity index (χ4v) is 2.31. The van der Waals surface area contributed by atoms with Gasteiger partial charge in [-0.25, -0.2) is 0 Å². The van der Waals surface area contributed by atoms with Crippen molar-refractivity contribution in [2.45, 2.75) is 6.18 Å². The predicted molar refractivity (Wildman–Crippen MR) is 68.7 cm³/mol. The number of alkyl halides is 3. The van der Waals surface area contributed by atoms with Gasteiger partial charge in [0.05, 0.1) is 21.2 Å². The van der Waals surface area contributed by atoms with Gasteiger partial charge in [0.25, 0.3) is 5.91 Å². The fourth-order valence-electron chi connectivity index (χ4n) is 1.47. The number of carbonyl (C=O) groups is 1. The standard InChI is InChI=1S/C12H7ClF3NOS/c13-8-4-1-3-7(12(14,15)16)10(8)17-11(18)9-5-2-6-19-9/h1-6H,(H,17,18). The van der Waals surface area contributed by atoms with E-state index in [0.29, 0.717) is 4.88 Å². The number of nitrogens with one attached hydrogen (secondary N) is 1. The summed E-state index contributed by atoms with van der Waals surface area (Å²) in [4.78, 5) is 12.1. The van der Waals surface area contributed by atoms with E-state index in [0.717, 1.165) is 17.4 Å². The van der Waals surface area contributed by atoms with Crippen molar-refractivity contribution in [2.24, 2.45) is 0 Å². The maximum Gasteiger partial charge on any atom is 0.418 e. The van der Waals surface area contributed by atoms with Crippen LogP contribution in [0, 0.1) is 0 Å². The minimum atomic E-state index is -4.58. The SMILES string of the molecule is O=C(Nc1c(Cl)cccc1C(F)(F)F)c1cccs1. The molecule has 0 saturated heterocycles. The molecule has 0 unspecified atom stereocenters. The van der Waals surface area contributed by atoms with Crippen LogP contribution in [0.1, 0.15) is 15.2 Å². The summed E-state index contributed by atoms with van der Waals surface area (Å²) in [5, 5.41) is 3.71. The second-order valence-corrected chi connectivity index (χ2v) is 4.95. The van der Waals surface area contributed by atoms with Gasteiger partial charge in [0.15, 0.2) is 0 Å². The Morgan fingerprint density at radius 3 is 2.53 bits per heavy atom. The first-order valence-corrected chi connectivity index (χ1v) is 6.36. The lowest BCUT2D eigenvalue weighted by atomic mass is 10.1. The zero-order valence-electron chi connectivity index (χ0n) is 9.29. The third-order valence-corrected chi connectivity index (χ3v) is 3.49. The van der Waals surface area contributed by atoms with Crippen molar-refractivity contribution in [3.63, 3.8) is 0 Å². The number of para-hydroxylation sites is 1. The molecule has 0 radical (unpaired) electrons. The number of benzene rings is 1. The van der Waals surface area contributed by atoms with Crippen LogP contribution < -0.4 is 5.32 Å². The molecule has 2 nitrogen and oxygen atoms in total. The van der Waals surface area contributed by atoms with Crippen LogP contribution in [0.2, 0.25) is 5.02 Å². The van der Waals surface area contributed by atoms with Crippen LogP contribution in [0.15, 0.2) is 35.7 Å². The first-order valence-electron chi connectivity index (χ1n) is 5.10. The topological polar surface area (TPSA) is 29.1 Å². The van der Waals surface area contributed by atoms with E-state index in [2.05, 4.69) is 5.32 Å². The molecule has 0 spiro atoms. The monoisotopic (exact) mass is 305 g/mol. The van der Waals surface area contributed by atoms with Crippen LogP contribution in [0.5, 0.6) is 0 Å². The van der Waals surface area contributed by atoms with Gasteiger partial charge in [0, 0.05) is 0 Å². The van der Waals surface area contributed by atoms with E-state index in [1.807, 2.05) is 0 Å². The van der Waals surface area contributed by atoms with Crippen LogP contribution >= 0.6 is 22.9 Å². The predicted octanol–water partition coefficient (Wildman–Crippen LogP) is 4.67. The molecule has 2 aromatic rings. The maximum absolute atomic E-state index is 12.8. The smallest absolute Gasteiger partial charge is 0.319 e. The third kappa shape index (κ3) is 3.08. The zero-order chi connectivity index (χ0) is 14.0. The third-order valence-electron chi connectivity index (χ3n) is 2.30. The highest BCUT2D eigenvalue weighted by molar-refractivity contribution is 7.12. The van der Waals surface area contributed by atoms with Crippen LogP contribution in [-0.4, -0.2) is 5.91 Å². The Kier molecular flexibility index (Phi) is 3.82. The van der Waals surface area contributed by atoms with E-state index in [1.54, 1.807) is 11.4 Å². The van der Waals surface area contributed by atoms with Crippen LogP contribution in [0.3, 0.4) is 0 Å². The molecule has 1 N–H and O–H groups in total. The van der Waals surface area contributed by atoms with E-state index in [4.69, 9.17) is 11.6 Å². The fraction of sp³-hybridized carbons (Fsp3) is 0.0833. The number of amides is 1. The summed E-state index contributed by atoms with van der Waals surface area (Å²) in [6.07, 6.45) is -4.58. The number of hydrogen-bond donors (Lipinski definition) is 1. The molecule has 1 aromatic carbocycles. The molecule has 2 rings (SSSR count). The summed E-state index contributed by atoms with van der Waals surface area (Å²) < 4.78 is 38.4. The van der Waals surface area contributed by atoms with Crippen molar-refractivity contribution in [2.75, 3.05) is 5.32 Å². The first kappa shape index (κ1) is 13.9. The van der Waals surface area contributed by atoms with E-state index in [-0.39, 0.29) is 5.02 Å². The summed E-state index contributed by atoms with van der Waals surface area (Å²) in [5.74, 6) is -0.617. The maximum atomic E-state index is 12.8. The number of halogens is 4. The number of hydrogen-bond acceptors (Lipinski definition) is 2. The van der Waals surface area contributed by atoms with E-state index >= 15 is 0 Å². The Bertz CT molecular complexity index is 596. The van der Waals surface area contributed by atoms with Crippen LogP contribution in [0.4, 0.5) is 18.9 Å². The average molecular weight is 306 g/mol. The number of thiophene rings is 1. The number of anilines is 1. The molecule has 1 heterocycles. The Hall–Kier alpha value is -1.53. The zero-order valence-corrected chi connectivity index (χ0v) is 10.9.